The molecular weight excluding hydrogens is 192 g/mol. The van der Waals surface area contributed by atoms with Crippen molar-refractivity contribution in [1.29, 1.82) is 0 Å². The third kappa shape index (κ3) is 2.24. The molecule has 0 saturated carbocycles. The van der Waals surface area contributed by atoms with Crippen LogP contribution in [0.5, 0.6) is 0 Å². The molecule has 0 amide bonds. The molecule has 1 aromatic rings. The third-order valence-corrected chi connectivity index (χ3v) is 2.49. The van der Waals surface area contributed by atoms with E-state index >= 15 is 0 Å². The fourth-order valence-electron chi connectivity index (χ4n) is 1.44. The number of benzene rings is 1. The summed E-state index contributed by atoms with van der Waals surface area (Å²) >= 11 is 0. The maximum absolute atomic E-state index is 10.9. The molecule has 0 bridgehead atoms. The van der Waals surface area contributed by atoms with E-state index in [9.17, 15) is 9.59 Å². The second kappa shape index (κ2) is 4.26. The van der Waals surface area contributed by atoms with Crippen LogP contribution in [0.25, 0.3) is 0 Å². The van der Waals surface area contributed by atoms with Gasteiger partial charge in [0.2, 0.25) is 0 Å². The molecule has 0 atom stereocenters. The first kappa shape index (κ1) is 11.4. The van der Waals surface area contributed by atoms with E-state index in [4.69, 9.17) is 5.11 Å². The highest BCUT2D eigenvalue weighted by molar-refractivity contribution is 5.93. The van der Waals surface area contributed by atoms with Crippen molar-refractivity contribution in [3.05, 3.63) is 34.4 Å². The summed E-state index contributed by atoms with van der Waals surface area (Å²) in [5, 5.41) is 8.98. The lowest BCUT2D eigenvalue weighted by Crippen LogP contribution is -2.05. The van der Waals surface area contributed by atoms with Gasteiger partial charge in [0.1, 0.15) is 6.29 Å². The zero-order valence-corrected chi connectivity index (χ0v) is 9.07. The van der Waals surface area contributed by atoms with Gasteiger partial charge in [0.25, 0.3) is 0 Å². The first-order valence-corrected chi connectivity index (χ1v) is 4.80. The van der Waals surface area contributed by atoms with Crippen molar-refractivity contribution in [1.82, 2.24) is 0 Å². The molecule has 80 valence electrons. The van der Waals surface area contributed by atoms with Gasteiger partial charge in [0.05, 0.1) is 5.56 Å². The highest BCUT2D eigenvalue weighted by atomic mass is 16.4. The minimum Gasteiger partial charge on any atom is -0.478 e. The van der Waals surface area contributed by atoms with Crippen LogP contribution >= 0.6 is 0 Å². The lowest BCUT2D eigenvalue weighted by molar-refractivity contribution is 0.0696. The Morgan fingerprint density at radius 1 is 1.40 bits per heavy atom. The SMILES string of the molecule is Cc1c(C=O)cc(C(C)C)cc1C(=O)O. The van der Waals surface area contributed by atoms with Gasteiger partial charge in [0.15, 0.2) is 0 Å². The Morgan fingerprint density at radius 3 is 2.40 bits per heavy atom. The molecule has 1 N–H and O–H groups in total. The number of hydrogen-bond acceptors (Lipinski definition) is 2. The molecule has 0 aliphatic rings. The number of hydrogen-bond donors (Lipinski definition) is 1. The molecule has 0 aromatic heterocycles. The topological polar surface area (TPSA) is 54.4 Å². The van der Waals surface area contributed by atoms with Crippen molar-refractivity contribution >= 4 is 12.3 Å². The molecule has 0 saturated heterocycles. The van der Waals surface area contributed by atoms with Crippen LogP contribution in [0.4, 0.5) is 0 Å². The maximum Gasteiger partial charge on any atom is 0.335 e. The fraction of sp³-hybridized carbons (Fsp3) is 0.333. The van der Waals surface area contributed by atoms with Crippen molar-refractivity contribution in [2.45, 2.75) is 26.7 Å². The smallest absolute Gasteiger partial charge is 0.335 e. The summed E-state index contributed by atoms with van der Waals surface area (Å²) < 4.78 is 0. The first-order chi connectivity index (χ1) is 6.97. The van der Waals surface area contributed by atoms with E-state index in [2.05, 4.69) is 0 Å². The average molecular weight is 206 g/mol. The standard InChI is InChI=1S/C12H14O3/c1-7(2)9-4-10(6-13)8(3)11(5-9)12(14)15/h4-7H,1-3H3,(H,14,15). The highest BCUT2D eigenvalue weighted by Crippen LogP contribution is 2.21. The first-order valence-electron chi connectivity index (χ1n) is 4.80. The number of carboxylic acids is 1. The number of carbonyl (C=O) groups excluding carboxylic acids is 1. The molecule has 15 heavy (non-hydrogen) atoms. The molecular formula is C12H14O3. The van der Waals surface area contributed by atoms with Crippen molar-refractivity contribution in [3.63, 3.8) is 0 Å². The Labute approximate surface area is 88.7 Å². The van der Waals surface area contributed by atoms with Crippen LogP contribution in [-0.2, 0) is 0 Å². The molecule has 3 nitrogen and oxygen atoms in total. The second-order valence-electron chi connectivity index (χ2n) is 3.86. The molecule has 0 spiro atoms. The fourth-order valence-corrected chi connectivity index (χ4v) is 1.44. The number of carboxylic acid groups (broad SMARTS) is 1. The molecule has 0 radical (unpaired) electrons. The molecule has 0 heterocycles. The van der Waals surface area contributed by atoms with Crippen LogP contribution in [0.2, 0.25) is 0 Å². The highest BCUT2D eigenvalue weighted by Gasteiger charge is 2.13. The normalized spacial score (nSPS) is 10.4. The van der Waals surface area contributed by atoms with E-state index in [0.29, 0.717) is 17.4 Å². The van der Waals surface area contributed by atoms with Crippen LogP contribution in [0.3, 0.4) is 0 Å². The molecule has 0 fully saturated rings. The average Bonchev–Trinajstić information content (AvgIpc) is 2.17. The Hall–Kier alpha value is -1.64. The van der Waals surface area contributed by atoms with Crippen LogP contribution < -0.4 is 0 Å². The van der Waals surface area contributed by atoms with Crippen molar-refractivity contribution in [2.75, 3.05) is 0 Å². The number of aldehydes is 1. The zero-order valence-electron chi connectivity index (χ0n) is 9.07. The van der Waals surface area contributed by atoms with E-state index in [1.54, 1.807) is 19.1 Å². The molecule has 0 aliphatic heterocycles. The summed E-state index contributed by atoms with van der Waals surface area (Å²) in [6.45, 7) is 5.58. The van der Waals surface area contributed by atoms with Gasteiger partial charge < -0.3 is 5.11 Å². The zero-order chi connectivity index (χ0) is 11.6. The van der Waals surface area contributed by atoms with Crippen LogP contribution in [0, 0.1) is 6.92 Å². The van der Waals surface area contributed by atoms with E-state index in [1.807, 2.05) is 13.8 Å². The third-order valence-electron chi connectivity index (χ3n) is 2.49. The van der Waals surface area contributed by atoms with Crippen molar-refractivity contribution in [3.8, 4) is 0 Å². The molecule has 0 unspecified atom stereocenters. The Kier molecular flexibility index (Phi) is 3.24. The quantitative estimate of drug-likeness (QED) is 0.773. The Bertz CT molecular complexity index is 406. The van der Waals surface area contributed by atoms with Crippen LogP contribution in [0.15, 0.2) is 12.1 Å². The summed E-state index contributed by atoms with van der Waals surface area (Å²) in [5.74, 6) is -0.777. The molecule has 3 heteroatoms. The predicted octanol–water partition coefficient (Wildman–Crippen LogP) is 2.63. The molecule has 1 rings (SSSR count). The summed E-state index contributed by atoms with van der Waals surface area (Å²) in [5.41, 5.74) is 2.07. The van der Waals surface area contributed by atoms with Crippen molar-refractivity contribution < 1.29 is 14.7 Å². The van der Waals surface area contributed by atoms with E-state index in [0.717, 1.165) is 5.56 Å². The number of aromatic carboxylic acids is 1. The van der Waals surface area contributed by atoms with Crippen LogP contribution in [-0.4, -0.2) is 17.4 Å². The molecule has 0 aliphatic carbocycles. The van der Waals surface area contributed by atoms with Gasteiger partial charge in [-0.3, -0.25) is 4.79 Å². The summed E-state index contributed by atoms with van der Waals surface area (Å²) in [6, 6.07) is 3.38. The summed E-state index contributed by atoms with van der Waals surface area (Å²) in [4.78, 5) is 21.7. The van der Waals surface area contributed by atoms with E-state index in [-0.39, 0.29) is 11.5 Å². The van der Waals surface area contributed by atoms with Gasteiger partial charge in [0, 0.05) is 5.56 Å². The van der Waals surface area contributed by atoms with E-state index < -0.39 is 5.97 Å². The lowest BCUT2D eigenvalue weighted by Gasteiger charge is -2.10. The van der Waals surface area contributed by atoms with Crippen molar-refractivity contribution in [2.24, 2.45) is 0 Å². The van der Waals surface area contributed by atoms with Gasteiger partial charge in [-0.2, -0.15) is 0 Å². The minimum atomic E-state index is -0.988. The number of rotatable bonds is 3. The van der Waals surface area contributed by atoms with Gasteiger partial charge in [-0.1, -0.05) is 13.8 Å². The lowest BCUT2D eigenvalue weighted by atomic mass is 9.94. The van der Waals surface area contributed by atoms with E-state index in [1.165, 1.54) is 0 Å². The minimum absolute atomic E-state index is 0.211. The van der Waals surface area contributed by atoms with Gasteiger partial charge in [-0.05, 0) is 36.1 Å². The van der Waals surface area contributed by atoms with Gasteiger partial charge in [-0.25, -0.2) is 4.79 Å². The van der Waals surface area contributed by atoms with Gasteiger partial charge >= 0.3 is 5.97 Å². The summed E-state index contributed by atoms with van der Waals surface area (Å²) in [7, 11) is 0. The Balaban J connectivity index is 3.45. The maximum atomic E-state index is 10.9. The largest absolute Gasteiger partial charge is 0.478 e. The van der Waals surface area contributed by atoms with Gasteiger partial charge in [-0.15, -0.1) is 0 Å². The number of carbonyl (C=O) groups is 2. The second-order valence-corrected chi connectivity index (χ2v) is 3.86. The van der Waals surface area contributed by atoms with Crippen LogP contribution in [0.1, 0.15) is 51.6 Å². The monoisotopic (exact) mass is 206 g/mol. The summed E-state index contributed by atoms with van der Waals surface area (Å²) in [6.07, 6.45) is 0.702. The Morgan fingerprint density at radius 2 is 2.00 bits per heavy atom. The predicted molar refractivity (Wildman–Crippen MR) is 57.6 cm³/mol. The molecule has 1 aromatic carbocycles.